The summed E-state index contributed by atoms with van der Waals surface area (Å²) in [5, 5.41) is 0. The minimum atomic E-state index is -3.38. The molecule has 0 aliphatic carbocycles. The predicted molar refractivity (Wildman–Crippen MR) is 97.3 cm³/mol. The third kappa shape index (κ3) is 4.82. The fraction of sp³-hybridized carbons (Fsp3) is 0.222. The number of carbonyl (C=O) groups excluding carboxylic acids is 2. The molecule has 2 rings (SSSR count). The van der Waals surface area contributed by atoms with Crippen molar-refractivity contribution in [3.05, 3.63) is 59.7 Å². The van der Waals surface area contributed by atoms with Crippen molar-refractivity contribution in [1.82, 2.24) is 0 Å². The van der Waals surface area contributed by atoms with E-state index in [0.717, 1.165) is 10.6 Å². The summed E-state index contributed by atoms with van der Waals surface area (Å²) in [6.45, 7) is -0.411. The maximum Gasteiger partial charge on any atom is 0.338 e. The molecule has 0 fully saturated rings. The zero-order chi connectivity index (χ0) is 19.3. The van der Waals surface area contributed by atoms with Crippen molar-refractivity contribution in [3.8, 4) is 5.75 Å². The highest BCUT2D eigenvalue weighted by molar-refractivity contribution is 7.92. The number of nitrogens with zero attached hydrogens (tertiary/aromatic N) is 1. The van der Waals surface area contributed by atoms with E-state index < -0.39 is 22.6 Å². The molecule has 26 heavy (non-hydrogen) atoms. The number of carbonyl (C=O) groups is 2. The van der Waals surface area contributed by atoms with E-state index in [9.17, 15) is 18.0 Å². The number of Topliss-reactive ketones (excluding diaryl/α,β-unsaturated/α-hetero) is 1. The molecule has 0 spiro atoms. The Balaban J connectivity index is 1.98. The summed E-state index contributed by atoms with van der Waals surface area (Å²) >= 11 is 0. The molecule has 0 bridgehead atoms. The molecule has 0 atom stereocenters. The van der Waals surface area contributed by atoms with Crippen molar-refractivity contribution < 1.29 is 27.5 Å². The molecule has 138 valence electrons. The van der Waals surface area contributed by atoms with Crippen molar-refractivity contribution in [2.24, 2.45) is 0 Å². The Labute approximate surface area is 152 Å². The van der Waals surface area contributed by atoms with Gasteiger partial charge in [0.25, 0.3) is 0 Å². The standard InChI is InChI=1S/C18H19NO6S/c1-19(26(3,22)23)15-8-4-13(5-9-15)17(20)12-25-18(21)14-6-10-16(24-2)11-7-14/h4-11H,12H2,1-3H3. The highest BCUT2D eigenvalue weighted by Crippen LogP contribution is 2.17. The van der Waals surface area contributed by atoms with Crippen LogP contribution in [0.4, 0.5) is 5.69 Å². The summed E-state index contributed by atoms with van der Waals surface area (Å²) < 4.78 is 34.1. The molecule has 2 aromatic carbocycles. The van der Waals surface area contributed by atoms with Gasteiger partial charge in [-0.25, -0.2) is 13.2 Å². The zero-order valence-electron chi connectivity index (χ0n) is 14.6. The normalized spacial score (nSPS) is 10.9. The van der Waals surface area contributed by atoms with Gasteiger partial charge < -0.3 is 9.47 Å². The predicted octanol–water partition coefficient (Wildman–Crippen LogP) is 2.13. The van der Waals surface area contributed by atoms with Crippen LogP contribution in [-0.2, 0) is 14.8 Å². The Morgan fingerprint density at radius 1 is 0.962 bits per heavy atom. The Kier molecular flexibility index (Phi) is 5.99. The molecule has 0 saturated carbocycles. The van der Waals surface area contributed by atoms with Crippen LogP contribution in [0.25, 0.3) is 0 Å². The molecule has 2 aromatic rings. The van der Waals surface area contributed by atoms with Gasteiger partial charge in [-0.3, -0.25) is 9.10 Å². The van der Waals surface area contributed by atoms with E-state index in [-0.39, 0.29) is 5.78 Å². The molecule has 7 nitrogen and oxygen atoms in total. The van der Waals surface area contributed by atoms with Crippen LogP contribution >= 0.6 is 0 Å². The first-order chi connectivity index (χ1) is 12.2. The summed E-state index contributed by atoms with van der Waals surface area (Å²) in [5.41, 5.74) is 1.06. The summed E-state index contributed by atoms with van der Waals surface area (Å²) in [7, 11) is -0.438. The van der Waals surface area contributed by atoms with E-state index >= 15 is 0 Å². The van der Waals surface area contributed by atoms with E-state index in [2.05, 4.69) is 0 Å². The average molecular weight is 377 g/mol. The van der Waals surface area contributed by atoms with E-state index in [4.69, 9.17) is 9.47 Å². The lowest BCUT2D eigenvalue weighted by molar-refractivity contribution is 0.0474. The minimum Gasteiger partial charge on any atom is -0.497 e. The summed E-state index contributed by atoms with van der Waals surface area (Å²) in [4.78, 5) is 24.1. The quantitative estimate of drug-likeness (QED) is 0.542. The molecule has 0 saturated heterocycles. The van der Waals surface area contributed by atoms with E-state index in [1.165, 1.54) is 38.4 Å². The highest BCUT2D eigenvalue weighted by atomic mass is 32.2. The lowest BCUT2D eigenvalue weighted by Gasteiger charge is -2.16. The third-order valence-corrected chi connectivity index (χ3v) is 4.92. The van der Waals surface area contributed by atoms with Crippen LogP contribution in [0.1, 0.15) is 20.7 Å². The van der Waals surface area contributed by atoms with Gasteiger partial charge in [-0.15, -0.1) is 0 Å². The first-order valence-corrected chi connectivity index (χ1v) is 9.45. The number of hydrogen-bond donors (Lipinski definition) is 0. The molecular formula is C18H19NO6S. The smallest absolute Gasteiger partial charge is 0.338 e. The fourth-order valence-corrected chi connectivity index (χ4v) is 2.58. The monoisotopic (exact) mass is 377 g/mol. The van der Waals surface area contributed by atoms with Crippen molar-refractivity contribution in [3.63, 3.8) is 0 Å². The van der Waals surface area contributed by atoms with Gasteiger partial charge >= 0.3 is 5.97 Å². The molecule has 8 heteroatoms. The molecule has 0 N–H and O–H groups in total. The number of rotatable bonds is 7. The maximum absolute atomic E-state index is 12.1. The Morgan fingerprint density at radius 2 is 1.50 bits per heavy atom. The molecule has 0 radical (unpaired) electrons. The maximum atomic E-state index is 12.1. The van der Waals surface area contributed by atoms with Crippen molar-refractivity contribution in [2.75, 3.05) is 31.3 Å². The topological polar surface area (TPSA) is 90.0 Å². The summed E-state index contributed by atoms with van der Waals surface area (Å²) in [6, 6.07) is 12.3. The zero-order valence-corrected chi connectivity index (χ0v) is 15.4. The first-order valence-electron chi connectivity index (χ1n) is 7.60. The van der Waals surface area contributed by atoms with Gasteiger partial charge in [0.1, 0.15) is 5.75 Å². The Morgan fingerprint density at radius 3 is 2.00 bits per heavy atom. The lowest BCUT2D eigenvalue weighted by atomic mass is 10.1. The van der Waals surface area contributed by atoms with E-state index in [0.29, 0.717) is 22.6 Å². The SMILES string of the molecule is COc1ccc(C(=O)OCC(=O)c2ccc(N(C)S(C)(=O)=O)cc2)cc1. The second-order valence-electron chi connectivity index (χ2n) is 5.51. The van der Waals surface area contributed by atoms with E-state index in [1.807, 2.05) is 0 Å². The van der Waals surface area contributed by atoms with E-state index in [1.54, 1.807) is 24.3 Å². The van der Waals surface area contributed by atoms with Gasteiger partial charge in [-0.05, 0) is 48.5 Å². The van der Waals surface area contributed by atoms with Gasteiger partial charge in [0.15, 0.2) is 12.4 Å². The van der Waals surface area contributed by atoms with Gasteiger partial charge in [0, 0.05) is 12.6 Å². The van der Waals surface area contributed by atoms with Crippen LogP contribution in [-0.4, -0.2) is 47.2 Å². The van der Waals surface area contributed by atoms with Crippen molar-refractivity contribution >= 4 is 27.5 Å². The number of hydrogen-bond acceptors (Lipinski definition) is 6. The van der Waals surface area contributed by atoms with Crippen LogP contribution in [0.2, 0.25) is 0 Å². The van der Waals surface area contributed by atoms with Crippen LogP contribution in [0, 0.1) is 0 Å². The molecule has 0 aliphatic rings. The Bertz CT molecular complexity index is 888. The number of sulfonamides is 1. The van der Waals surface area contributed by atoms with Crippen molar-refractivity contribution in [2.45, 2.75) is 0 Å². The summed E-state index contributed by atoms with van der Waals surface area (Å²) in [6.07, 6.45) is 1.09. The number of ether oxygens (including phenoxy) is 2. The third-order valence-electron chi connectivity index (χ3n) is 3.71. The average Bonchev–Trinajstić information content (AvgIpc) is 2.64. The minimum absolute atomic E-state index is 0.309. The number of methoxy groups -OCH3 is 1. The second kappa shape index (κ2) is 8.01. The van der Waals surface area contributed by atoms with Crippen LogP contribution < -0.4 is 9.04 Å². The molecule has 0 unspecified atom stereocenters. The second-order valence-corrected chi connectivity index (χ2v) is 7.52. The van der Waals surface area contributed by atoms with Crippen molar-refractivity contribution in [1.29, 1.82) is 0 Å². The molecule has 0 aromatic heterocycles. The molecule has 0 aliphatic heterocycles. The highest BCUT2D eigenvalue weighted by Gasteiger charge is 2.14. The first kappa shape index (κ1) is 19.5. The van der Waals surface area contributed by atoms with Gasteiger partial charge in [0.05, 0.1) is 24.6 Å². The van der Waals surface area contributed by atoms with Gasteiger partial charge in [-0.1, -0.05) is 0 Å². The fourth-order valence-electron chi connectivity index (χ4n) is 2.07. The largest absolute Gasteiger partial charge is 0.497 e. The number of benzene rings is 2. The number of esters is 1. The van der Waals surface area contributed by atoms with Gasteiger partial charge in [0.2, 0.25) is 10.0 Å². The van der Waals surface area contributed by atoms with Gasteiger partial charge in [-0.2, -0.15) is 0 Å². The van der Waals surface area contributed by atoms with Crippen LogP contribution in [0.3, 0.4) is 0 Å². The summed E-state index contributed by atoms with van der Waals surface area (Å²) in [5.74, 6) is -0.397. The Hall–Kier alpha value is -2.87. The number of anilines is 1. The molecule has 0 heterocycles. The molecular weight excluding hydrogens is 358 g/mol. The lowest BCUT2D eigenvalue weighted by Crippen LogP contribution is -2.24. The molecule has 0 amide bonds. The van der Waals surface area contributed by atoms with Crippen LogP contribution in [0.15, 0.2) is 48.5 Å². The number of ketones is 1. The van der Waals surface area contributed by atoms with Crippen LogP contribution in [0.5, 0.6) is 5.75 Å².